The predicted molar refractivity (Wildman–Crippen MR) is 112 cm³/mol. The number of pyridine rings is 1. The van der Waals surface area contributed by atoms with Crippen molar-refractivity contribution in [1.29, 1.82) is 0 Å². The first-order valence-corrected chi connectivity index (χ1v) is 11.0. The number of anilines is 1. The Balaban J connectivity index is 1.53. The average Bonchev–Trinajstić information content (AvgIpc) is 3.38. The fraction of sp³-hybridized carbons (Fsp3) is 0.158. The number of nitrogens with two attached hydrogens (primary N) is 1. The van der Waals surface area contributed by atoms with Gasteiger partial charge in [0.05, 0.1) is 28.7 Å². The van der Waals surface area contributed by atoms with Crippen molar-refractivity contribution in [3.63, 3.8) is 0 Å². The molecular formula is C19H16F3N7O4S. The second-order valence-corrected chi connectivity index (χ2v) is 8.25. The molecule has 4 aromatic rings. The minimum absolute atomic E-state index is 0.00876. The van der Waals surface area contributed by atoms with Gasteiger partial charge in [-0.25, -0.2) is 10.1 Å². The van der Waals surface area contributed by atoms with Crippen molar-refractivity contribution in [3.05, 3.63) is 60.0 Å². The van der Waals surface area contributed by atoms with E-state index in [1.807, 2.05) is 0 Å². The van der Waals surface area contributed by atoms with Crippen LogP contribution in [-0.2, 0) is 30.0 Å². The molecule has 1 aromatic carbocycles. The molecule has 3 heterocycles. The Kier molecular flexibility index (Phi) is 5.97. The van der Waals surface area contributed by atoms with Crippen LogP contribution in [0, 0.1) is 0 Å². The van der Waals surface area contributed by atoms with E-state index in [1.54, 1.807) is 19.2 Å². The highest BCUT2D eigenvalue weighted by Crippen LogP contribution is 2.30. The summed E-state index contributed by atoms with van der Waals surface area (Å²) in [6, 6.07) is 8.19. The maximum Gasteiger partial charge on any atom is 0.417 e. The Hall–Kier alpha value is -3.98. The Morgan fingerprint density at radius 3 is 2.68 bits per heavy atom. The summed E-state index contributed by atoms with van der Waals surface area (Å²) < 4.78 is 75.0. The van der Waals surface area contributed by atoms with Crippen molar-refractivity contribution in [2.24, 2.45) is 12.2 Å². The van der Waals surface area contributed by atoms with Gasteiger partial charge in [0.15, 0.2) is 0 Å². The highest BCUT2D eigenvalue weighted by atomic mass is 32.2. The number of hydrogen-bond donors (Lipinski definition) is 2. The van der Waals surface area contributed by atoms with Crippen LogP contribution in [0.15, 0.2) is 53.3 Å². The number of halogens is 3. The zero-order valence-corrected chi connectivity index (χ0v) is 18.1. The van der Waals surface area contributed by atoms with Gasteiger partial charge in [0, 0.05) is 24.9 Å². The van der Waals surface area contributed by atoms with Crippen molar-refractivity contribution < 1.29 is 30.8 Å². The van der Waals surface area contributed by atoms with E-state index in [0.29, 0.717) is 23.0 Å². The van der Waals surface area contributed by atoms with Gasteiger partial charge in [0.2, 0.25) is 11.7 Å². The molecule has 4 rings (SSSR count). The molecule has 0 aliphatic carbocycles. The lowest BCUT2D eigenvalue weighted by Crippen LogP contribution is -2.21. The van der Waals surface area contributed by atoms with Gasteiger partial charge in [-0.05, 0) is 18.2 Å². The maximum absolute atomic E-state index is 12.7. The summed E-state index contributed by atoms with van der Waals surface area (Å²) >= 11 is 0. The van der Waals surface area contributed by atoms with Crippen molar-refractivity contribution >= 4 is 15.9 Å². The maximum atomic E-state index is 12.7. The SMILES string of the molecule is Cn1ncc(-c2nc(-c3cccc(NS(N)(=O)=O)c3)no2)c1COc1ccc(C(F)(F)F)cn1. The summed E-state index contributed by atoms with van der Waals surface area (Å²) in [4.78, 5) is 7.99. The number of rotatable bonds is 7. The molecule has 3 aromatic heterocycles. The number of aryl methyl sites for hydroxylation is 1. The number of alkyl halides is 3. The van der Waals surface area contributed by atoms with Gasteiger partial charge in [-0.2, -0.15) is 31.7 Å². The average molecular weight is 495 g/mol. The first kappa shape index (κ1) is 23.2. The fourth-order valence-electron chi connectivity index (χ4n) is 2.92. The zero-order chi connectivity index (χ0) is 24.5. The zero-order valence-electron chi connectivity index (χ0n) is 17.3. The summed E-state index contributed by atoms with van der Waals surface area (Å²) in [5.74, 6) is 0.269. The van der Waals surface area contributed by atoms with Gasteiger partial charge < -0.3 is 9.26 Å². The van der Waals surface area contributed by atoms with Crippen molar-refractivity contribution in [2.75, 3.05) is 4.72 Å². The first-order valence-electron chi connectivity index (χ1n) is 9.41. The van der Waals surface area contributed by atoms with E-state index in [0.717, 1.165) is 12.1 Å². The van der Waals surface area contributed by atoms with Gasteiger partial charge in [-0.3, -0.25) is 9.40 Å². The molecule has 0 aliphatic rings. The molecule has 0 bridgehead atoms. The minimum atomic E-state index is -4.50. The predicted octanol–water partition coefficient (Wildman–Crippen LogP) is 2.75. The Labute approximate surface area is 190 Å². The summed E-state index contributed by atoms with van der Waals surface area (Å²) in [5, 5.41) is 13.0. The quantitative estimate of drug-likeness (QED) is 0.397. The molecule has 15 heteroatoms. The van der Waals surface area contributed by atoms with Gasteiger partial charge in [0.25, 0.3) is 16.1 Å². The van der Waals surface area contributed by atoms with Crippen molar-refractivity contribution in [3.8, 4) is 28.7 Å². The third kappa shape index (κ3) is 5.32. The van der Waals surface area contributed by atoms with Crippen LogP contribution in [0.3, 0.4) is 0 Å². The third-order valence-corrected chi connectivity index (χ3v) is 5.04. The van der Waals surface area contributed by atoms with Crippen LogP contribution in [0.4, 0.5) is 18.9 Å². The van der Waals surface area contributed by atoms with E-state index in [4.69, 9.17) is 14.4 Å². The summed E-state index contributed by atoms with van der Waals surface area (Å²) in [7, 11) is -2.31. The van der Waals surface area contributed by atoms with E-state index in [2.05, 4.69) is 24.9 Å². The molecule has 0 unspecified atom stereocenters. The molecule has 0 atom stereocenters. The number of hydrogen-bond acceptors (Lipinski definition) is 8. The number of nitrogens with one attached hydrogen (secondary N) is 1. The lowest BCUT2D eigenvalue weighted by atomic mass is 10.2. The molecule has 0 saturated carbocycles. The molecule has 0 spiro atoms. The monoisotopic (exact) mass is 495 g/mol. The Bertz CT molecular complexity index is 1420. The van der Waals surface area contributed by atoms with Gasteiger partial charge >= 0.3 is 6.18 Å². The molecule has 178 valence electrons. The molecule has 0 amide bonds. The van der Waals surface area contributed by atoms with E-state index >= 15 is 0 Å². The summed E-state index contributed by atoms with van der Waals surface area (Å²) in [5.41, 5.74) is 0.724. The van der Waals surface area contributed by atoms with E-state index < -0.39 is 21.9 Å². The molecule has 0 radical (unpaired) electrons. The molecule has 11 nitrogen and oxygen atoms in total. The normalized spacial score (nSPS) is 12.0. The van der Waals surface area contributed by atoms with E-state index in [1.165, 1.54) is 23.0 Å². The Morgan fingerprint density at radius 1 is 1.21 bits per heavy atom. The van der Waals surface area contributed by atoms with Gasteiger partial charge in [-0.15, -0.1) is 0 Å². The minimum Gasteiger partial charge on any atom is -0.471 e. The first-order chi connectivity index (χ1) is 16.0. The molecule has 3 N–H and O–H groups in total. The third-order valence-electron chi connectivity index (χ3n) is 4.52. The fourth-order valence-corrected chi connectivity index (χ4v) is 3.38. The Morgan fingerprint density at radius 2 is 2.00 bits per heavy atom. The molecule has 0 saturated heterocycles. The molecular weight excluding hydrogens is 479 g/mol. The van der Waals surface area contributed by atoms with Gasteiger partial charge in [0.1, 0.15) is 6.61 Å². The highest BCUT2D eigenvalue weighted by Gasteiger charge is 2.30. The topological polar surface area (TPSA) is 151 Å². The summed E-state index contributed by atoms with van der Waals surface area (Å²) in [6.45, 7) is -0.0876. The van der Waals surface area contributed by atoms with Crippen LogP contribution >= 0.6 is 0 Å². The van der Waals surface area contributed by atoms with Crippen LogP contribution in [0.1, 0.15) is 11.3 Å². The lowest BCUT2D eigenvalue weighted by molar-refractivity contribution is -0.137. The van der Waals surface area contributed by atoms with Crippen LogP contribution < -0.4 is 14.6 Å². The van der Waals surface area contributed by atoms with Crippen LogP contribution in [-0.4, -0.2) is 33.3 Å². The van der Waals surface area contributed by atoms with E-state index in [9.17, 15) is 21.6 Å². The van der Waals surface area contributed by atoms with Crippen molar-refractivity contribution in [2.45, 2.75) is 12.8 Å². The molecule has 0 fully saturated rings. The van der Waals surface area contributed by atoms with E-state index in [-0.39, 0.29) is 29.9 Å². The number of benzene rings is 1. The second kappa shape index (κ2) is 8.75. The smallest absolute Gasteiger partial charge is 0.417 e. The van der Waals surface area contributed by atoms with Crippen LogP contribution in [0.2, 0.25) is 0 Å². The lowest BCUT2D eigenvalue weighted by Gasteiger charge is -2.09. The largest absolute Gasteiger partial charge is 0.471 e. The molecule has 0 aliphatic heterocycles. The number of aromatic nitrogens is 5. The second-order valence-electron chi connectivity index (χ2n) is 6.95. The highest BCUT2D eigenvalue weighted by molar-refractivity contribution is 7.90. The van der Waals surface area contributed by atoms with Gasteiger partial charge in [-0.1, -0.05) is 17.3 Å². The summed E-state index contributed by atoms with van der Waals surface area (Å²) in [6.07, 6.45) is -2.34. The number of nitrogens with zero attached hydrogens (tertiary/aromatic N) is 5. The van der Waals surface area contributed by atoms with Crippen molar-refractivity contribution in [1.82, 2.24) is 24.9 Å². The van der Waals surface area contributed by atoms with Crippen LogP contribution in [0.5, 0.6) is 5.88 Å². The molecule has 34 heavy (non-hydrogen) atoms. The van der Waals surface area contributed by atoms with Crippen LogP contribution in [0.25, 0.3) is 22.8 Å². The number of ether oxygens (including phenoxy) is 1. The standard InChI is InChI=1S/C19H16F3N7O4S/c1-29-15(10-32-16-6-5-12(8-24-16)19(20,21)22)14(9-25-29)18-26-17(27-33-18)11-3-2-4-13(7-11)28-34(23,30)31/h2-9,28H,10H2,1H3,(H2,23,30,31).